The first-order valence-corrected chi connectivity index (χ1v) is 13.3. The molecular formula is C19H33NO4S2. The normalized spacial score (nSPS) is 22.3. The summed E-state index contributed by atoms with van der Waals surface area (Å²) in [6.07, 6.45) is 3.98. The van der Waals surface area contributed by atoms with Crippen molar-refractivity contribution in [1.29, 1.82) is 0 Å². The van der Waals surface area contributed by atoms with Crippen molar-refractivity contribution in [2.75, 3.05) is 32.0 Å². The van der Waals surface area contributed by atoms with E-state index in [0.29, 0.717) is 35.9 Å². The van der Waals surface area contributed by atoms with Crippen LogP contribution in [0.5, 0.6) is 0 Å². The van der Waals surface area contributed by atoms with Crippen molar-refractivity contribution in [1.82, 2.24) is 5.32 Å². The summed E-state index contributed by atoms with van der Waals surface area (Å²) < 4.78 is 36.5. The minimum atomic E-state index is -3.22. The summed E-state index contributed by atoms with van der Waals surface area (Å²) in [5.41, 5.74) is 1.07. The fraction of sp³-hybridized carbons (Fsp3) is 0.684. The minimum absolute atomic E-state index is 0.270. The lowest BCUT2D eigenvalue weighted by Gasteiger charge is -2.36. The monoisotopic (exact) mass is 403 g/mol. The number of benzene rings is 1. The zero-order valence-electron chi connectivity index (χ0n) is 16.3. The van der Waals surface area contributed by atoms with E-state index in [1.165, 1.54) is 0 Å². The lowest BCUT2D eigenvalue weighted by Crippen LogP contribution is -2.46. The van der Waals surface area contributed by atoms with Crippen LogP contribution in [0.1, 0.15) is 32.3 Å². The molecule has 0 radical (unpaired) electrons. The number of nitrogens with one attached hydrogen (secondary N) is 1. The zero-order chi connectivity index (χ0) is 19.2. The molecule has 5 nitrogen and oxygen atoms in total. The smallest absolute Gasteiger partial charge is 0.211 e. The molecular weight excluding hydrogens is 370 g/mol. The molecule has 1 aromatic rings. The quantitative estimate of drug-likeness (QED) is 0.338. The van der Waals surface area contributed by atoms with Gasteiger partial charge in [-0.2, -0.15) is 0 Å². The summed E-state index contributed by atoms with van der Waals surface area (Å²) >= 11 is 0. The second-order valence-electron chi connectivity index (χ2n) is 7.41. The number of thiol groups is 1. The highest BCUT2D eigenvalue weighted by atomic mass is 33.2. The fourth-order valence-electron chi connectivity index (χ4n) is 2.69. The summed E-state index contributed by atoms with van der Waals surface area (Å²) in [6, 6.07) is 7.47. The van der Waals surface area contributed by atoms with Gasteiger partial charge in [0.15, 0.2) is 0 Å². The Morgan fingerprint density at radius 1 is 1.19 bits per heavy atom. The van der Waals surface area contributed by atoms with Crippen LogP contribution in [0, 0.1) is 12.8 Å². The van der Waals surface area contributed by atoms with E-state index in [0.717, 1.165) is 25.0 Å². The molecule has 0 spiro atoms. The third-order valence-corrected chi connectivity index (χ3v) is 10.3. The molecule has 26 heavy (non-hydrogen) atoms. The average Bonchev–Trinajstić information content (AvgIpc) is 2.55. The largest absolute Gasteiger partial charge is 0.379 e. The first kappa shape index (κ1) is 21.7. The van der Waals surface area contributed by atoms with Crippen molar-refractivity contribution in [3.05, 3.63) is 29.8 Å². The first-order valence-electron chi connectivity index (χ1n) is 9.24. The summed E-state index contributed by atoms with van der Waals surface area (Å²) in [5, 5.41) is 3.39. The van der Waals surface area contributed by atoms with Gasteiger partial charge in [-0.05, 0) is 44.1 Å². The predicted molar refractivity (Wildman–Crippen MR) is 110 cm³/mol. The highest BCUT2D eigenvalue weighted by Gasteiger charge is 2.30. The molecule has 150 valence electrons. The molecule has 0 heterocycles. The van der Waals surface area contributed by atoms with Crippen LogP contribution in [-0.2, 0) is 18.3 Å². The molecule has 0 amide bonds. The Morgan fingerprint density at radius 3 is 2.46 bits per heavy atom. The highest BCUT2D eigenvalue weighted by Crippen LogP contribution is 2.35. The maximum absolute atomic E-state index is 12.6. The van der Waals surface area contributed by atoms with Crippen LogP contribution in [0.4, 0.5) is 0 Å². The maximum Gasteiger partial charge on any atom is 0.211 e. The first-order chi connectivity index (χ1) is 12.3. The van der Waals surface area contributed by atoms with Gasteiger partial charge >= 0.3 is 0 Å². The van der Waals surface area contributed by atoms with Gasteiger partial charge in [-0.3, -0.25) is 0 Å². The molecule has 1 aromatic carbocycles. The van der Waals surface area contributed by atoms with Crippen molar-refractivity contribution in [2.45, 2.75) is 50.7 Å². The van der Waals surface area contributed by atoms with Crippen LogP contribution in [0.25, 0.3) is 0 Å². The van der Waals surface area contributed by atoms with Gasteiger partial charge in [0.1, 0.15) is 0 Å². The van der Waals surface area contributed by atoms with Crippen LogP contribution < -0.4 is 5.32 Å². The molecule has 0 saturated heterocycles. The van der Waals surface area contributed by atoms with E-state index in [4.69, 9.17) is 9.47 Å². The second-order valence-corrected chi connectivity index (χ2v) is 13.7. The molecule has 2 rings (SSSR count). The third-order valence-electron chi connectivity index (χ3n) is 4.46. The Kier molecular flexibility index (Phi) is 8.41. The molecule has 1 aliphatic carbocycles. The SMILES string of the molecule is Cc1ccc(S(=O)(=O)[SH](C)CN[C@H]2C[C@H](OCCOCC(C)C)C2)cc1. The summed E-state index contributed by atoms with van der Waals surface area (Å²) in [4.78, 5) is 0.426. The molecule has 1 saturated carbocycles. The molecule has 7 heteroatoms. The molecule has 0 bridgehead atoms. The van der Waals surface area contributed by atoms with E-state index in [9.17, 15) is 8.42 Å². The maximum atomic E-state index is 12.6. The molecule has 1 N–H and O–H groups in total. The average molecular weight is 404 g/mol. The van der Waals surface area contributed by atoms with E-state index in [-0.39, 0.29) is 6.10 Å². The van der Waals surface area contributed by atoms with E-state index >= 15 is 0 Å². The van der Waals surface area contributed by atoms with Crippen molar-refractivity contribution in [2.24, 2.45) is 5.92 Å². The minimum Gasteiger partial charge on any atom is -0.379 e. The Bertz CT molecular complexity index is 640. The number of aryl methyl sites for hydroxylation is 1. The van der Waals surface area contributed by atoms with Gasteiger partial charge in [-0.25, -0.2) is 8.42 Å². The molecule has 1 atom stereocenters. The Hall–Kier alpha value is -0.600. The molecule has 1 aliphatic rings. The standard InChI is InChI=1S/C19H33NO4S2/c1-15(2)13-23-9-10-24-18-11-17(12-18)20-14-25(4)26(21,22)19-7-5-16(3)6-8-19/h5-8,15,17-18,20,25H,9-14H2,1-4H3/t17-,18-. The van der Waals surface area contributed by atoms with Crippen LogP contribution in [0.15, 0.2) is 29.2 Å². The third kappa shape index (κ3) is 6.53. The number of rotatable bonds is 11. The van der Waals surface area contributed by atoms with Crippen LogP contribution in [0.3, 0.4) is 0 Å². The van der Waals surface area contributed by atoms with Crippen LogP contribution in [0.2, 0.25) is 0 Å². The number of ether oxygens (including phenoxy) is 2. The van der Waals surface area contributed by atoms with Gasteiger partial charge < -0.3 is 14.8 Å². The van der Waals surface area contributed by atoms with Gasteiger partial charge in [-0.15, -0.1) is 9.93 Å². The van der Waals surface area contributed by atoms with E-state index in [2.05, 4.69) is 19.2 Å². The summed E-state index contributed by atoms with van der Waals surface area (Å²) in [6.45, 7) is 8.26. The van der Waals surface area contributed by atoms with Gasteiger partial charge in [0.05, 0.1) is 24.2 Å². The lowest BCUT2D eigenvalue weighted by molar-refractivity contribution is -0.0435. The predicted octanol–water partition coefficient (Wildman–Crippen LogP) is 3.08. The lowest BCUT2D eigenvalue weighted by atomic mass is 9.89. The molecule has 0 aliphatic heterocycles. The Morgan fingerprint density at radius 2 is 1.85 bits per heavy atom. The summed E-state index contributed by atoms with van der Waals surface area (Å²) in [7, 11) is -4.37. The number of hydrogen-bond acceptors (Lipinski definition) is 5. The van der Waals surface area contributed by atoms with Gasteiger partial charge in [0.2, 0.25) is 8.87 Å². The topological polar surface area (TPSA) is 64.6 Å². The molecule has 0 aromatic heterocycles. The van der Waals surface area contributed by atoms with Crippen molar-refractivity contribution in [3.63, 3.8) is 0 Å². The number of hydrogen-bond donors (Lipinski definition) is 2. The van der Waals surface area contributed by atoms with Crippen LogP contribution in [-0.4, -0.2) is 52.5 Å². The van der Waals surface area contributed by atoms with E-state index < -0.39 is 18.8 Å². The summed E-state index contributed by atoms with van der Waals surface area (Å²) in [5.74, 6) is 1.08. The molecule has 1 fully saturated rings. The van der Waals surface area contributed by atoms with Crippen molar-refractivity contribution >= 4 is 18.8 Å². The van der Waals surface area contributed by atoms with Gasteiger partial charge in [-0.1, -0.05) is 31.5 Å². The highest BCUT2D eigenvalue weighted by molar-refractivity contribution is 8.80. The van der Waals surface area contributed by atoms with Crippen LogP contribution >= 0.6 is 9.93 Å². The second kappa shape index (κ2) is 10.1. The Labute approximate surface area is 160 Å². The Balaban J connectivity index is 1.63. The van der Waals surface area contributed by atoms with Gasteiger partial charge in [0, 0.05) is 18.5 Å². The van der Waals surface area contributed by atoms with E-state index in [1.54, 1.807) is 12.1 Å². The van der Waals surface area contributed by atoms with Gasteiger partial charge in [0.25, 0.3) is 0 Å². The van der Waals surface area contributed by atoms with Crippen molar-refractivity contribution < 1.29 is 17.9 Å². The zero-order valence-corrected chi connectivity index (χ0v) is 18.0. The van der Waals surface area contributed by atoms with Crippen molar-refractivity contribution in [3.8, 4) is 0 Å². The van der Waals surface area contributed by atoms with E-state index in [1.807, 2.05) is 25.3 Å². The molecule has 1 unspecified atom stereocenters. The fourth-order valence-corrected chi connectivity index (χ4v) is 6.40.